The van der Waals surface area contributed by atoms with Gasteiger partial charge in [0.05, 0.1) is 11.2 Å². The van der Waals surface area contributed by atoms with Crippen molar-refractivity contribution in [3.63, 3.8) is 0 Å². The molecule has 94 valence electrons. The van der Waals surface area contributed by atoms with Crippen LogP contribution in [0.1, 0.15) is 20.3 Å². The highest BCUT2D eigenvalue weighted by Crippen LogP contribution is 2.13. The molecular weight excluding hydrogens is 234 g/mol. The molecule has 0 heterocycles. The lowest BCUT2D eigenvalue weighted by Gasteiger charge is -2.22. The summed E-state index contributed by atoms with van der Waals surface area (Å²) in [5.74, 6) is -0.721. The topological polar surface area (TPSA) is 122 Å². The van der Waals surface area contributed by atoms with Crippen molar-refractivity contribution in [3.8, 4) is 0 Å². The lowest BCUT2D eigenvalue weighted by atomic mass is 10.2. The first kappa shape index (κ1) is 14.7. The first-order valence-corrected chi connectivity index (χ1v) is 6.42. The van der Waals surface area contributed by atoms with Gasteiger partial charge >= 0.3 is 0 Å². The molecule has 0 spiro atoms. The summed E-state index contributed by atoms with van der Waals surface area (Å²) in [7, 11) is -3.26. The Morgan fingerprint density at radius 1 is 1.50 bits per heavy atom. The average Bonchev–Trinajstić information content (AvgIpc) is 2.13. The van der Waals surface area contributed by atoms with Gasteiger partial charge in [-0.15, -0.1) is 0 Å². The number of amidine groups is 1. The van der Waals surface area contributed by atoms with Crippen LogP contribution in [0.25, 0.3) is 0 Å². The highest BCUT2D eigenvalue weighted by molar-refractivity contribution is 7.92. The van der Waals surface area contributed by atoms with E-state index in [0.29, 0.717) is 0 Å². The minimum atomic E-state index is -3.26. The Kier molecular flexibility index (Phi) is 4.73. The van der Waals surface area contributed by atoms with E-state index < -0.39 is 20.5 Å². The van der Waals surface area contributed by atoms with Gasteiger partial charge in [-0.05, 0) is 13.8 Å². The SMILES string of the molecule is CC(C)(CNC(=O)CC(N)=NO)S(C)(=O)=O. The van der Waals surface area contributed by atoms with E-state index in [1.807, 2.05) is 0 Å². The van der Waals surface area contributed by atoms with E-state index in [9.17, 15) is 13.2 Å². The standard InChI is InChI=1S/C8H17N3O4S/c1-8(2,16(3,14)15)5-10-7(12)4-6(9)11-13/h13H,4-5H2,1-3H3,(H2,9,11)(H,10,12). The molecule has 0 rings (SSSR count). The lowest BCUT2D eigenvalue weighted by Crippen LogP contribution is -2.44. The number of oxime groups is 1. The number of carbonyl (C=O) groups excluding carboxylic acids is 1. The highest BCUT2D eigenvalue weighted by Gasteiger charge is 2.30. The van der Waals surface area contributed by atoms with E-state index in [0.717, 1.165) is 6.26 Å². The maximum Gasteiger partial charge on any atom is 0.227 e. The van der Waals surface area contributed by atoms with Crippen LogP contribution in [-0.4, -0.2) is 42.9 Å². The third-order valence-corrected chi connectivity index (χ3v) is 4.34. The second-order valence-electron chi connectivity index (χ2n) is 4.08. The van der Waals surface area contributed by atoms with Crippen LogP contribution in [0.5, 0.6) is 0 Å². The summed E-state index contributed by atoms with van der Waals surface area (Å²) in [5.41, 5.74) is 5.12. The highest BCUT2D eigenvalue weighted by atomic mass is 32.2. The molecule has 0 unspecified atom stereocenters. The molecule has 0 aliphatic carbocycles. The summed E-state index contributed by atoms with van der Waals surface area (Å²) < 4.78 is 21.6. The van der Waals surface area contributed by atoms with Crippen LogP contribution in [-0.2, 0) is 14.6 Å². The quantitative estimate of drug-likeness (QED) is 0.252. The van der Waals surface area contributed by atoms with Gasteiger partial charge in [0.2, 0.25) is 5.91 Å². The largest absolute Gasteiger partial charge is 0.409 e. The monoisotopic (exact) mass is 251 g/mol. The summed E-state index contributed by atoms with van der Waals surface area (Å²) in [4.78, 5) is 11.2. The number of nitrogens with one attached hydrogen (secondary N) is 1. The third kappa shape index (κ3) is 4.47. The van der Waals surface area contributed by atoms with E-state index in [1.54, 1.807) is 0 Å². The van der Waals surface area contributed by atoms with E-state index >= 15 is 0 Å². The fourth-order valence-corrected chi connectivity index (χ4v) is 1.04. The summed E-state index contributed by atoms with van der Waals surface area (Å²) in [5, 5.41) is 13.3. The van der Waals surface area contributed by atoms with Gasteiger partial charge in [0.15, 0.2) is 9.84 Å². The molecule has 0 radical (unpaired) electrons. The fraction of sp³-hybridized carbons (Fsp3) is 0.750. The van der Waals surface area contributed by atoms with Crippen LogP contribution in [0.4, 0.5) is 0 Å². The molecule has 8 heteroatoms. The first-order chi connectivity index (χ1) is 7.10. The molecule has 0 atom stereocenters. The second kappa shape index (κ2) is 5.15. The van der Waals surface area contributed by atoms with Crippen molar-refractivity contribution in [1.82, 2.24) is 5.32 Å². The van der Waals surface area contributed by atoms with Gasteiger partial charge in [-0.25, -0.2) is 8.42 Å². The van der Waals surface area contributed by atoms with Crippen molar-refractivity contribution in [2.75, 3.05) is 12.8 Å². The van der Waals surface area contributed by atoms with Crippen LogP contribution in [0.3, 0.4) is 0 Å². The van der Waals surface area contributed by atoms with Crippen LogP contribution >= 0.6 is 0 Å². The molecule has 0 fully saturated rings. The van der Waals surface area contributed by atoms with Gasteiger partial charge in [0.1, 0.15) is 5.84 Å². The zero-order valence-corrected chi connectivity index (χ0v) is 10.3. The van der Waals surface area contributed by atoms with Crippen molar-refractivity contribution >= 4 is 21.6 Å². The predicted molar refractivity (Wildman–Crippen MR) is 60.0 cm³/mol. The Balaban J connectivity index is 4.32. The number of nitrogens with zero attached hydrogens (tertiary/aromatic N) is 1. The van der Waals surface area contributed by atoms with Crippen molar-refractivity contribution in [2.24, 2.45) is 10.9 Å². The molecule has 7 nitrogen and oxygen atoms in total. The minimum Gasteiger partial charge on any atom is -0.409 e. The summed E-state index contributed by atoms with van der Waals surface area (Å²) in [6.07, 6.45) is 0.832. The Morgan fingerprint density at radius 3 is 2.38 bits per heavy atom. The van der Waals surface area contributed by atoms with Gasteiger partial charge < -0.3 is 16.3 Å². The maximum atomic E-state index is 11.3. The molecule has 0 bridgehead atoms. The number of amides is 1. The molecule has 4 N–H and O–H groups in total. The molecule has 1 amide bonds. The molecule has 0 aromatic heterocycles. The molecule has 16 heavy (non-hydrogen) atoms. The van der Waals surface area contributed by atoms with Gasteiger partial charge in [-0.3, -0.25) is 4.79 Å². The van der Waals surface area contributed by atoms with Crippen LogP contribution < -0.4 is 11.1 Å². The molecular formula is C8H17N3O4S. The fourth-order valence-electron chi connectivity index (χ4n) is 0.705. The zero-order valence-electron chi connectivity index (χ0n) is 9.52. The number of nitrogens with two attached hydrogens (primary N) is 1. The second-order valence-corrected chi connectivity index (χ2v) is 6.73. The molecule has 0 aliphatic heterocycles. The van der Waals surface area contributed by atoms with E-state index in [4.69, 9.17) is 10.9 Å². The smallest absolute Gasteiger partial charge is 0.227 e. The van der Waals surface area contributed by atoms with Crippen LogP contribution in [0.15, 0.2) is 5.16 Å². The Bertz CT molecular complexity index is 386. The van der Waals surface area contributed by atoms with Crippen LogP contribution in [0.2, 0.25) is 0 Å². The Hall–Kier alpha value is -1.31. The first-order valence-electron chi connectivity index (χ1n) is 4.53. The number of hydrogen-bond acceptors (Lipinski definition) is 5. The van der Waals surface area contributed by atoms with Gasteiger partial charge in [0.25, 0.3) is 0 Å². The van der Waals surface area contributed by atoms with Gasteiger partial charge in [0, 0.05) is 12.8 Å². The molecule has 0 aromatic carbocycles. The normalized spacial score (nSPS) is 13.6. The van der Waals surface area contributed by atoms with Gasteiger partial charge in [-0.1, -0.05) is 5.16 Å². The van der Waals surface area contributed by atoms with Crippen molar-refractivity contribution in [3.05, 3.63) is 0 Å². The van der Waals surface area contributed by atoms with Gasteiger partial charge in [-0.2, -0.15) is 0 Å². The Morgan fingerprint density at radius 2 is 2.00 bits per heavy atom. The molecule has 0 saturated heterocycles. The van der Waals surface area contributed by atoms with Crippen molar-refractivity contribution in [2.45, 2.75) is 25.0 Å². The number of carbonyl (C=O) groups is 1. The van der Waals surface area contributed by atoms with E-state index in [1.165, 1.54) is 13.8 Å². The summed E-state index contributed by atoms with van der Waals surface area (Å²) in [6, 6.07) is 0. The lowest BCUT2D eigenvalue weighted by molar-refractivity contribution is -0.120. The Labute approximate surface area is 94.6 Å². The predicted octanol–water partition coefficient (Wildman–Crippen LogP) is -0.938. The number of hydrogen-bond donors (Lipinski definition) is 3. The van der Waals surface area contributed by atoms with Crippen LogP contribution in [0, 0.1) is 0 Å². The summed E-state index contributed by atoms with van der Waals surface area (Å²) in [6.45, 7) is 2.99. The molecule has 0 aliphatic rings. The maximum absolute atomic E-state index is 11.3. The molecule has 0 saturated carbocycles. The van der Waals surface area contributed by atoms with E-state index in [2.05, 4.69) is 10.5 Å². The number of rotatable bonds is 5. The minimum absolute atomic E-state index is 0.0244. The third-order valence-electron chi connectivity index (χ3n) is 2.19. The molecule has 0 aromatic rings. The van der Waals surface area contributed by atoms with Crippen molar-refractivity contribution < 1.29 is 18.4 Å². The zero-order chi connectivity index (χ0) is 13.0. The van der Waals surface area contributed by atoms with E-state index in [-0.39, 0.29) is 18.8 Å². The van der Waals surface area contributed by atoms with Crippen molar-refractivity contribution in [1.29, 1.82) is 0 Å². The average molecular weight is 251 g/mol. The summed E-state index contributed by atoms with van der Waals surface area (Å²) >= 11 is 0. The number of sulfone groups is 1.